The first-order valence-corrected chi connectivity index (χ1v) is 5.67. The highest BCUT2D eigenvalue weighted by molar-refractivity contribution is 5.44. The Labute approximate surface area is 102 Å². The van der Waals surface area contributed by atoms with Crippen molar-refractivity contribution in [2.24, 2.45) is 5.73 Å². The minimum absolute atomic E-state index is 0.153. The lowest BCUT2D eigenvalue weighted by molar-refractivity contribution is 0.265. The van der Waals surface area contributed by atoms with Crippen LogP contribution in [0.5, 0.6) is 11.5 Å². The lowest BCUT2D eigenvalue weighted by Gasteiger charge is -2.25. The van der Waals surface area contributed by atoms with Crippen molar-refractivity contribution in [1.82, 2.24) is 0 Å². The molecule has 1 aromatic rings. The van der Waals surface area contributed by atoms with Crippen LogP contribution in [-0.4, -0.2) is 25.9 Å². The van der Waals surface area contributed by atoms with Crippen LogP contribution in [0.3, 0.4) is 0 Å². The molecule has 1 atom stereocenters. The fourth-order valence-electron chi connectivity index (χ4n) is 1.78. The van der Waals surface area contributed by atoms with Gasteiger partial charge in [0.15, 0.2) is 11.5 Å². The van der Waals surface area contributed by atoms with E-state index in [0.29, 0.717) is 17.9 Å². The summed E-state index contributed by atoms with van der Waals surface area (Å²) in [7, 11) is 3.20. The molecule has 0 aliphatic rings. The summed E-state index contributed by atoms with van der Waals surface area (Å²) in [5.41, 5.74) is 6.74. The first kappa shape index (κ1) is 13.8. The van der Waals surface area contributed by atoms with Crippen LogP contribution in [-0.2, 0) is 5.54 Å². The van der Waals surface area contributed by atoms with Gasteiger partial charge in [-0.15, -0.1) is 0 Å². The predicted molar refractivity (Wildman–Crippen MR) is 67.4 cm³/mol. The van der Waals surface area contributed by atoms with E-state index in [-0.39, 0.29) is 6.61 Å². The summed E-state index contributed by atoms with van der Waals surface area (Å²) < 4.78 is 10.4. The summed E-state index contributed by atoms with van der Waals surface area (Å²) in [6.45, 7) is 2.10. The summed E-state index contributed by atoms with van der Waals surface area (Å²) in [5.74, 6) is 1.36. The Balaban J connectivity index is 2.98. The molecule has 1 aromatic carbocycles. The van der Waals surface area contributed by atoms with Crippen molar-refractivity contribution in [1.29, 1.82) is 0 Å². The number of hydrogen-bond donors (Lipinski definition) is 2. The molecule has 1 rings (SSSR count). The van der Waals surface area contributed by atoms with E-state index >= 15 is 0 Å². The van der Waals surface area contributed by atoms with E-state index in [9.17, 15) is 0 Å². The summed E-state index contributed by atoms with van der Waals surface area (Å²) in [4.78, 5) is 0. The van der Waals surface area contributed by atoms with E-state index in [0.717, 1.165) is 12.0 Å². The van der Waals surface area contributed by atoms with Crippen molar-refractivity contribution in [3.63, 3.8) is 0 Å². The molecule has 0 aliphatic heterocycles. The fraction of sp³-hybridized carbons (Fsp3) is 0.538. The van der Waals surface area contributed by atoms with Crippen LogP contribution in [0.15, 0.2) is 18.2 Å². The first-order valence-electron chi connectivity index (χ1n) is 5.67. The minimum atomic E-state index is -0.470. The van der Waals surface area contributed by atoms with Gasteiger partial charge in [0.25, 0.3) is 0 Å². The molecule has 96 valence electrons. The zero-order valence-corrected chi connectivity index (χ0v) is 10.7. The number of ether oxygens (including phenoxy) is 2. The molecule has 0 heterocycles. The molecule has 1 unspecified atom stereocenters. The zero-order valence-electron chi connectivity index (χ0n) is 10.7. The van der Waals surface area contributed by atoms with Crippen molar-refractivity contribution >= 4 is 0 Å². The average Bonchev–Trinajstić information content (AvgIpc) is 2.35. The summed E-state index contributed by atoms with van der Waals surface area (Å²) in [6, 6.07) is 5.66. The molecule has 0 fully saturated rings. The Bertz CT molecular complexity index is 364. The number of nitrogens with two attached hydrogens (primary N) is 1. The number of benzene rings is 1. The van der Waals surface area contributed by atoms with Gasteiger partial charge in [0.2, 0.25) is 0 Å². The van der Waals surface area contributed by atoms with Gasteiger partial charge in [-0.1, -0.05) is 6.07 Å². The predicted octanol–water partition coefficient (Wildman–Crippen LogP) is 1.65. The molecule has 4 nitrogen and oxygen atoms in total. The second-order valence-corrected chi connectivity index (χ2v) is 4.31. The highest BCUT2D eigenvalue weighted by Crippen LogP contribution is 2.32. The van der Waals surface area contributed by atoms with Gasteiger partial charge in [0.05, 0.1) is 14.2 Å². The quantitative estimate of drug-likeness (QED) is 0.792. The van der Waals surface area contributed by atoms with Crippen molar-refractivity contribution in [2.75, 3.05) is 20.8 Å². The third kappa shape index (κ3) is 3.35. The number of methoxy groups -OCH3 is 2. The van der Waals surface area contributed by atoms with Crippen LogP contribution in [0, 0.1) is 0 Å². The second kappa shape index (κ2) is 5.89. The number of aliphatic hydroxyl groups excluding tert-OH is 1. The normalized spacial score (nSPS) is 14.2. The monoisotopic (exact) mass is 239 g/mol. The lowest BCUT2D eigenvalue weighted by Crippen LogP contribution is -2.33. The van der Waals surface area contributed by atoms with E-state index in [2.05, 4.69) is 0 Å². The molecule has 0 amide bonds. The van der Waals surface area contributed by atoms with Crippen LogP contribution in [0.4, 0.5) is 0 Å². The molecule has 0 aromatic heterocycles. The third-order valence-corrected chi connectivity index (χ3v) is 2.90. The second-order valence-electron chi connectivity index (χ2n) is 4.31. The molecule has 0 radical (unpaired) electrons. The molecule has 3 N–H and O–H groups in total. The van der Waals surface area contributed by atoms with Crippen LogP contribution in [0.1, 0.15) is 25.3 Å². The molecule has 0 aliphatic carbocycles. The van der Waals surface area contributed by atoms with Gasteiger partial charge >= 0.3 is 0 Å². The maximum Gasteiger partial charge on any atom is 0.161 e. The molecule has 0 saturated carbocycles. The van der Waals surface area contributed by atoms with E-state index in [1.165, 1.54) is 0 Å². The Morgan fingerprint density at radius 1 is 1.24 bits per heavy atom. The average molecular weight is 239 g/mol. The van der Waals surface area contributed by atoms with E-state index < -0.39 is 5.54 Å². The molecule has 0 spiro atoms. The lowest BCUT2D eigenvalue weighted by atomic mass is 9.88. The largest absolute Gasteiger partial charge is 0.493 e. The van der Waals surface area contributed by atoms with Crippen LogP contribution in [0.2, 0.25) is 0 Å². The Hall–Kier alpha value is -1.26. The molecule has 17 heavy (non-hydrogen) atoms. The van der Waals surface area contributed by atoms with Crippen molar-refractivity contribution in [3.8, 4) is 11.5 Å². The fourth-order valence-corrected chi connectivity index (χ4v) is 1.78. The van der Waals surface area contributed by atoms with Crippen molar-refractivity contribution in [3.05, 3.63) is 23.8 Å². The summed E-state index contributed by atoms with van der Waals surface area (Å²) in [5, 5.41) is 8.86. The van der Waals surface area contributed by atoms with Crippen LogP contribution >= 0.6 is 0 Å². The molecule has 0 bridgehead atoms. The number of hydrogen-bond acceptors (Lipinski definition) is 4. The minimum Gasteiger partial charge on any atom is -0.493 e. The van der Waals surface area contributed by atoms with Gasteiger partial charge in [-0.2, -0.15) is 0 Å². The SMILES string of the molecule is COc1ccc(C(C)(N)CCCO)cc1OC. The standard InChI is InChI=1S/C13H21NO3/c1-13(14,7-4-8-15)10-5-6-11(16-2)12(9-10)17-3/h5-6,9,15H,4,7-8,14H2,1-3H3. The zero-order chi connectivity index (χ0) is 12.9. The maximum atomic E-state index is 8.86. The Morgan fingerprint density at radius 3 is 2.41 bits per heavy atom. The van der Waals surface area contributed by atoms with Gasteiger partial charge in [0.1, 0.15) is 0 Å². The third-order valence-electron chi connectivity index (χ3n) is 2.90. The highest BCUT2D eigenvalue weighted by atomic mass is 16.5. The Morgan fingerprint density at radius 2 is 1.88 bits per heavy atom. The summed E-state index contributed by atoms with van der Waals surface area (Å²) in [6.07, 6.45) is 1.40. The Kier molecular flexibility index (Phi) is 4.78. The number of aliphatic hydroxyl groups is 1. The maximum absolute atomic E-state index is 8.86. The smallest absolute Gasteiger partial charge is 0.161 e. The van der Waals surface area contributed by atoms with Gasteiger partial charge in [-0.05, 0) is 37.5 Å². The molecular weight excluding hydrogens is 218 g/mol. The van der Waals surface area contributed by atoms with Gasteiger partial charge < -0.3 is 20.3 Å². The topological polar surface area (TPSA) is 64.7 Å². The number of rotatable bonds is 6. The van der Waals surface area contributed by atoms with Crippen molar-refractivity contribution < 1.29 is 14.6 Å². The van der Waals surface area contributed by atoms with Crippen LogP contribution in [0.25, 0.3) is 0 Å². The van der Waals surface area contributed by atoms with E-state index in [1.807, 2.05) is 25.1 Å². The van der Waals surface area contributed by atoms with E-state index in [4.69, 9.17) is 20.3 Å². The first-order chi connectivity index (χ1) is 8.05. The molecular formula is C13H21NO3. The van der Waals surface area contributed by atoms with Gasteiger partial charge in [0, 0.05) is 12.1 Å². The highest BCUT2D eigenvalue weighted by Gasteiger charge is 2.22. The summed E-state index contributed by atoms with van der Waals surface area (Å²) >= 11 is 0. The van der Waals surface area contributed by atoms with Crippen molar-refractivity contribution in [2.45, 2.75) is 25.3 Å². The molecule has 0 saturated heterocycles. The van der Waals surface area contributed by atoms with E-state index in [1.54, 1.807) is 14.2 Å². The van der Waals surface area contributed by atoms with Gasteiger partial charge in [-0.25, -0.2) is 0 Å². The van der Waals surface area contributed by atoms with Gasteiger partial charge in [-0.3, -0.25) is 0 Å². The molecule has 4 heteroatoms. The van der Waals surface area contributed by atoms with Crippen LogP contribution < -0.4 is 15.2 Å².